The topological polar surface area (TPSA) is 30.5 Å². The van der Waals surface area contributed by atoms with E-state index in [1.165, 1.54) is 18.4 Å². The molecule has 1 unspecified atom stereocenters. The van der Waals surface area contributed by atoms with Crippen molar-refractivity contribution in [2.75, 3.05) is 19.8 Å². The predicted octanol–water partition coefficient (Wildman–Crippen LogP) is 4.14. The lowest BCUT2D eigenvalue weighted by atomic mass is 10.2. The van der Waals surface area contributed by atoms with Crippen LogP contribution in [0.2, 0.25) is 0 Å². The van der Waals surface area contributed by atoms with E-state index in [0.29, 0.717) is 12.0 Å². The van der Waals surface area contributed by atoms with Gasteiger partial charge in [0, 0.05) is 24.0 Å². The monoisotopic (exact) mass is 355 g/mol. The molecule has 1 aliphatic rings. The van der Waals surface area contributed by atoms with Crippen LogP contribution in [0.1, 0.15) is 38.7 Å². The molecule has 0 radical (unpaired) electrons. The first-order valence-electron chi connectivity index (χ1n) is 7.88. The summed E-state index contributed by atoms with van der Waals surface area (Å²) in [5.74, 6) is 1.60. The molecular weight excluding hydrogens is 330 g/mol. The Morgan fingerprint density at radius 1 is 1.43 bits per heavy atom. The smallest absolute Gasteiger partial charge is 0.119 e. The second-order valence-electron chi connectivity index (χ2n) is 6.05. The van der Waals surface area contributed by atoms with Gasteiger partial charge in [-0.05, 0) is 49.1 Å². The Morgan fingerprint density at radius 2 is 2.29 bits per heavy atom. The minimum atomic E-state index is 0.396. The standard InChI is InChI=1S/C17H26BrNO2/c1-13(2)11-19-12-14-10-16(5-6-17(14)18)21-9-7-15-4-3-8-20-15/h5-6,10,13,15,19H,3-4,7-9,11-12H2,1-2H3. The lowest BCUT2D eigenvalue weighted by Crippen LogP contribution is -2.19. The molecule has 1 N–H and O–H groups in total. The van der Waals surface area contributed by atoms with Gasteiger partial charge >= 0.3 is 0 Å². The summed E-state index contributed by atoms with van der Waals surface area (Å²) < 4.78 is 12.6. The molecule has 2 rings (SSSR count). The van der Waals surface area contributed by atoms with Gasteiger partial charge in [0.05, 0.1) is 12.7 Å². The van der Waals surface area contributed by atoms with Crippen LogP contribution in [0, 0.1) is 5.92 Å². The molecular formula is C17H26BrNO2. The molecule has 118 valence electrons. The molecule has 1 atom stereocenters. The SMILES string of the molecule is CC(C)CNCc1cc(OCCC2CCCO2)ccc1Br. The van der Waals surface area contributed by atoms with Crippen LogP contribution >= 0.6 is 15.9 Å². The van der Waals surface area contributed by atoms with Crippen molar-refractivity contribution >= 4 is 15.9 Å². The summed E-state index contributed by atoms with van der Waals surface area (Å²) in [4.78, 5) is 0. The first-order valence-corrected chi connectivity index (χ1v) is 8.68. The molecule has 0 amide bonds. The molecule has 1 heterocycles. The number of hydrogen-bond acceptors (Lipinski definition) is 3. The first kappa shape index (κ1) is 16.8. The van der Waals surface area contributed by atoms with Gasteiger partial charge in [-0.1, -0.05) is 29.8 Å². The summed E-state index contributed by atoms with van der Waals surface area (Å²) in [7, 11) is 0. The van der Waals surface area contributed by atoms with E-state index in [2.05, 4.69) is 47.2 Å². The van der Waals surface area contributed by atoms with Gasteiger partial charge in [-0.25, -0.2) is 0 Å². The van der Waals surface area contributed by atoms with Crippen molar-refractivity contribution in [1.29, 1.82) is 0 Å². The van der Waals surface area contributed by atoms with Crippen LogP contribution in [-0.4, -0.2) is 25.9 Å². The van der Waals surface area contributed by atoms with Gasteiger partial charge in [-0.15, -0.1) is 0 Å². The Labute approximate surface area is 136 Å². The summed E-state index contributed by atoms with van der Waals surface area (Å²) >= 11 is 3.60. The second-order valence-corrected chi connectivity index (χ2v) is 6.90. The third-order valence-electron chi connectivity index (χ3n) is 3.62. The summed E-state index contributed by atoms with van der Waals surface area (Å²) in [5.41, 5.74) is 1.24. The highest BCUT2D eigenvalue weighted by molar-refractivity contribution is 9.10. The third-order valence-corrected chi connectivity index (χ3v) is 4.39. The van der Waals surface area contributed by atoms with Gasteiger partial charge < -0.3 is 14.8 Å². The highest BCUT2D eigenvalue weighted by atomic mass is 79.9. The van der Waals surface area contributed by atoms with Crippen molar-refractivity contribution in [1.82, 2.24) is 5.32 Å². The van der Waals surface area contributed by atoms with Gasteiger partial charge in [0.15, 0.2) is 0 Å². The van der Waals surface area contributed by atoms with Crippen LogP contribution in [0.5, 0.6) is 5.75 Å². The lowest BCUT2D eigenvalue weighted by molar-refractivity contribution is 0.0903. The Bertz CT molecular complexity index is 431. The minimum absolute atomic E-state index is 0.396. The van der Waals surface area contributed by atoms with Crippen molar-refractivity contribution in [2.45, 2.75) is 45.8 Å². The fourth-order valence-corrected chi connectivity index (χ4v) is 2.84. The fourth-order valence-electron chi connectivity index (χ4n) is 2.45. The summed E-state index contributed by atoms with van der Waals surface area (Å²) in [6, 6.07) is 6.20. The Kier molecular flexibility index (Phi) is 7.00. The quantitative estimate of drug-likeness (QED) is 0.759. The van der Waals surface area contributed by atoms with Crippen LogP contribution in [0.4, 0.5) is 0 Å². The van der Waals surface area contributed by atoms with E-state index in [1.54, 1.807) is 0 Å². The van der Waals surface area contributed by atoms with E-state index in [9.17, 15) is 0 Å². The van der Waals surface area contributed by atoms with Gasteiger partial charge in [0.25, 0.3) is 0 Å². The normalized spacial score (nSPS) is 18.4. The van der Waals surface area contributed by atoms with E-state index in [1.807, 2.05) is 6.07 Å². The summed E-state index contributed by atoms with van der Waals surface area (Å²) in [6.45, 7) is 7.96. The number of rotatable bonds is 8. The molecule has 3 nitrogen and oxygen atoms in total. The van der Waals surface area contributed by atoms with Crippen LogP contribution in [0.3, 0.4) is 0 Å². The Hall–Kier alpha value is -0.580. The predicted molar refractivity (Wildman–Crippen MR) is 89.8 cm³/mol. The minimum Gasteiger partial charge on any atom is -0.493 e. The van der Waals surface area contributed by atoms with Gasteiger partial charge in [-0.2, -0.15) is 0 Å². The van der Waals surface area contributed by atoms with Gasteiger partial charge in [0.1, 0.15) is 5.75 Å². The zero-order valence-corrected chi connectivity index (χ0v) is 14.6. The molecule has 0 aromatic heterocycles. The fraction of sp³-hybridized carbons (Fsp3) is 0.647. The van der Waals surface area contributed by atoms with Crippen LogP contribution < -0.4 is 10.1 Å². The maximum Gasteiger partial charge on any atom is 0.119 e. The lowest BCUT2D eigenvalue weighted by Gasteiger charge is -2.13. The van der Waals surface area contributed by atoms with Crippen LogP contribution in [0.25, 0.3) is 0 Å². The molecule has 4 heteroatoms. The highest BCUT2D eigenvalue weighted by Crippen LogP contribution is 2.23. The van der Waals surface area contributed by atoms with Crippen molar-refractivity contribution in [3.63, 3.8) is 0 Å². The largest absolute Gasteiger partial charge is 0.493 e. The van der Waals surface area contributed by atoms with Crippen LogP contribution in [0.15, 0.2) is 22.7 Å². The van der Waals surface area contributed by atoms with E-state index >= 15 is 0 Å². The molecule has 1 aromatic carbocycles. The molecule has 0 saturated carbocycles. The molecule has 1 fully saturated rings. The maximum atomic E-state index is 5.86. The number of nitrogens with one attached hydrogen (secondary N) is 1. The molecule has 1 saturated heterocycles. The average Bonchev–Trinajstić information content (AvgIpc) is 2.95. The zero-order chi connectivity index (χ0) is 15.1. The molecule has 0 aliphatic carbocycles. The number of benzene rings is 1. The molecule has 1 aromatic rings. The second kappa shape index (κ2) is 8.76. The Morgan fingerprint density at radius 3 is 3.00 bits per heavy atom. The number of hydrogen-bond donors (Lipinski definition) is 1. The summed E-state index contributed by atoms with van der Waals surface area (Å²) in [6.07, 6.45) is 3.74. The van der Waals surface area contributed by atoms with E-state index in [-0.39, 0.29) is 0 Å². The molecule has 0 bridgehead atoms. The number of ether oxygens (including phenoxy) is 2. The van der Waals surface area contributed by atoms with E-state index < -0.39 is 0 Å². The van der Waals surface area contributed by atoms with Crippen molar-refractivity contribution in [3.05, 3.63) is 28.2 Å². The van der Waals surface area contributed by atoms with Crippen LogP contribution in [-0.2, 0) is 11.3 Å². The van der Waals surface area contributed by atoms with Crippen molar-refractivity contribution < 1.29 is 9.47 Å². The first-order chi connectivity index (χ1) is 10.1. The molecule has 1 aliphatic heterocycles. The third kappa shape index (κ3) is 5.97. The maximum absolute atomic E-state index is 5.86. The summed E-state index contributed by atoms with van der Waals surface area (Å²) in [5, 5.41) is 3.46. The zero-order valence-electron chi connectivity index (χ0n) is 13.0. The highest BCUT2D eigenvalue weighted by Gasteiger charge is 2.15. The van der Waals surface area contributed by atoms with Gasteiger partial charge in [-0.3, -0.25) is 0 Å². The van der Waals surface area contributed by atoms with E-state index in [4.69, 9.17) is 9.47 Å². The molecule has 0 spiro atoms. The number of halogens is 1. The van der Waals surface area contributed by atoms with Crippen molar-refractivity contribution in [3.8, 4) is 5.75 Å². The Balaban J connectivity index is 1.79. The average molecular weight is 356 g/mol. The van der Waals surface area contributed by atoms with Gasteiger partial charge in [0.2, 0.25) is 0 Å². The van der Waals surface area contributed by atoms with E-state index in [0.717, 1.165) is 42.9 Å². The molecule has 21 heavy (non-hydrogen) atoms. The van der Waals surface area contributed by atoms with Crippen molar-refractivity contribution in [2.24, 2.45) is 5.92 Å².